The van der Waals surface area contributed by atoms with Crippen molar-refractivity contribution in [2.75, 3.05) is 18.4 Å². The number of anilines is 1. The Kier molecular flexibility index (Phi) is 4.16. The van der Waals surface area contributed by atoms with Gasteiger partial charge in [-0.25, -0.2) is 0 Å². The topological polar surface area (TPSA) is 73.2 Å². The Bertz CT molecular complexity index is 651. The lowest BCUT2D eigenvalue weighted by molar-refractivity contribution is -0.132. The number of fused-ring (bicyclic) bond motifs is 1. The van der Waals surface area contributed by atoms with Gasteiger partial charge in [-0.3, -0.25) is 9.59 Å². The molecule has 22 heavy (non-hydrogen) atoms. The van der Waals surface area contributed by atoms with E-state index in [4.69, 9.17) is 0 Å². The van der Waals surface area contributed by atoms with E-state index < -0.39 is 0 Å². The summed E-state index contributed by atoms with van der Waals surface area (Å²) in [5.41, 5.74) is 1.79. The first-order chi connectivity index (χ1) is 10.6. The second-order valence-corrected chi connectivity index (χ2v) is 7.05. The van der Waals surface area contributed by atoms with E-state index in [1.807, 2.05) is 0 Å². The van der Waals surface area contributed by atoms with Crippen molar-refractivity contribution in [3.63, 3.8) is 0 Å². The Morgan fingerprint density at radius 1 is 1.32 bits per heavy atom. The van der Waals surface area contributed by atoms with Crippen molar-refractivity contribution in [3.8, 4) is 6.07 Å². The van der Waals surface area contributed by atoms with Gasteiger partial charge in [0.1, 0.15) is 11.1 Å². The van der Waals surface area contributed by atoms with Gasteiger partial charge in [0.2, 0.25) is 11.8 Å². The van der Waals surface area contributed by atoms with Crippen LogP contribution in [-0.4, -0.2) is 29.8 Å². The Morgan fingerprint density at radius 3 is 2.68 bits per heavy atom. The first-order valence-electron chi connectivity index (χ1n) is 7.71. The number of thiophene rings is 1. The van der Waals surface area contributed by atoms with Crippen LogP contribution in [0.2, 0.25) is 0 Å². The zero-order valence-corrected chi connectivity index (χ0v) is 13.5. The highest BCUT2D eigenvalue weighted by molar-refractivity contribution is 7.16. The van der Waals surface area contributed by atoms with E-state index in [9.17, 15) is 14.9 Å². The van der Waals surface area contributed by atoms with Crippen molar-refractivity contribution in [2.24, 2.45) is 5.92 Å². The molecule has 5 nitrogen and oxygen atoms in total. The minimum atomic E-state index is -0.0703. The van der Waals surface area contributed by atoms with Gasteiger partial charge in [-0.2, -0.15) is 5.26 Å². The number of nitrogens with one attached hydrogen (secondary N) is 1. The molecule has 0 spiro atoms. The van der Waals surface area contributed by atoms with Crippen molar-refractivity contribution in [2.45, 2.75) is 39.0 Å². The molecule has 1 N–H and O–H groups in total. The molecule has 2 heterocycles. The molecule has 1 fully saturated rings. The molecule has 1 aliphatic heterocycles. The molecule has 0 radical (unpaired) electrons. The maximum atomic E-state index is 12.4. The number of hydrogen-bond donors (Lipinski definition) is 1. The number of piperidine rings is 1. The molecule has 0 saturated carbocycles. The van der Waals surface area contributed by atoms with Gasteiger partial charge < -0.3 is 10.2 Å². The number of amides is 2. The maximum absolute atomic E-state index is 12.4. The lowest BCUT2D eigenvalue weighted by atomic mass is 9.96. The van der Waals surface area contributed by atoms with Gasteiger partial charge in [-0.1, -0.05) is 0 Å². The van der Waals surface area contributed by atoms with E-state index in [1.165, 1.54) is 4.88 Å². The summed E-state index contributed by atoms with van der Waals surface area (Å²) in [6.45, 7) is 2.84. The van der Waals surface area contributed by atoms with Crippen LogP contribution >= 0.6 is 11.3 Å². The molecule has 2 amide bonds. The fourth-order valence-electron chi connectivity index (χ4n) is 3.28. The molecule has 1 aromatic heterocycles. The van der Waals surface area contributed by atoms with Gasteiger partial charge >= 0.3 is 0 Å². The van der Waals surface area contributed by atoms with Gasteiger partial charge in [-0.15, -0.1) is 11.3 Å². The van der Waals surface area contributed by atoms with E-state index in [-0.39, 0.29) is 17.7 Å². The van der Waals surface area contributed by atoms with Crippen LogP contribution in [-0.2, 0) is 22.4 Å². The van der Waals surface area contributed by atoms with Crippen LogP contribution in [0.4, 0.5) is 5.00 Å². The number of nitrogens with zero attached hydrogens (tertiary/aromatic N) is 2. The first-order valence-corrected chi connectivity index (χ1v) is 8.52. The van der Waals surface area contributed by atoms with Gasteiger partial charge in [0.15, 0.2) is 0 Å². The van der Waals surface area contributed by atoms with Crippen molar-refractivity contribution < 1.29 is 9.59 Å². The van der Waals surface area contributed by atoms with E-state index in [0.29, 0.717) is 36.5 Å². The number of rotatable bonds is 2. The highest BCUT2D eigenvalue weighted by Gasteiger charge is 2.28. The lowest BCUT2D eigenvalue weighted by Crippen LogP contribution is -2.40. The fraction of sp³-hybridized carbons (Fsp3) is 0.562. The third-order valence-electron chi connectivity index (χ3n) is 4.58. The maximum Gasteiger partial charge on any atom is 0.228 e. The highest BCUT2D eigenvalue weighted by Crippen LogP contribution is 2.38. The zero-order valence-electron chi connectivity index (χ0n) is 12.6. The van der Waals surface area contributed by atoms with Gasteiger partial charge in [-0.05, 0) is 37.7 Å². The lowest BCUT2D eigenvalue weighted by Gasteiger charge is -2.30. The molecule has 1 aromatic rings. The Labute approximate surface area is 133 Å². The second-order valence-electron chi connectivity index (χ2n) is 5.94. The molecule has 0 aromatic carbocycles. The molecule has 0 bridgehead atoms. The van der Waals surface area contributed by atoms with Gasteiger partial charge in [0.05, 0.1) is 5.56 Å². The van der Waals surface area contributed by atoms with Crippen LogP contribution in [0.3, 0.4) is 0 Å². The van der Waals surface area contributed by atoms with Gasteiger partial charge in [0, 0.05) is 30.8 Å². The number of hydrogen-bond acceptors (Lipinski definition) is 4. The van der Waals surface area contributed by atoms with Crippen molar-refractivity contribution in [1.29, 1.82) is 5.26 Å². The summed E-state index contributed by atoms with van der Waals surface area (Å²) < 4.78 is 0. The minimum Gasteiger partial charge on any atom is -0.343 e. The fourth-order valence-corrected chi connectivity index (χ4v) is 4.52. The number of nitriles is 1. The summed E-state index contributed by atoms with van der Waals surface area (Å²) in [6, 6.07) is 2.25. The van der Waals surface area contributed by atoms with E-state index in [2.05, 4.69) is 11.4 Å². The number of likely N-dealkylation sites (tertiary alicyclic amines) is 1. The van der Waals surface area contributed by atoms with Crippen LogP contribution in [0.15, 0.2) is 0 Å². The van der Waals surface area contributed by atoms with Crippen LogP contribution in [0.1, 0.15) is 42.2 Å². The minimum absolute atomic E-state index is 0.0142. The Hall–Kier alpha value is -1.87. The molecular formula is C16H19N3O2S. The monoisotopic (exact) mass is 317 g/mol. The summed E-state index contributed by atoms with van der Waals surface area (Å²) in [4.78, 5) is 26.8. The number of aryl methyl sites for hydroxylation is 1. The molecular weight excluding hydrogens is 298 g/mol. The molecule has 1 saturated heterocycles. The van der Waals surface area contributed by atoms with Crippen LogP contribution in [0.25, 0.3) is 0 Å². The summed E-state index contributed by atoms with van der Waals surface area (Å²) in [5, 5.41) is 13.0. The smallest absolute Gasteiger partial charge is 0.228 e. The zero-order chi connectivity index (χ0) is 15.7. The van der Waals surface area contributed by atoms with Crippen LogP contribution < -0.4 is 5.32 Å². The second kappa shape index (κ2) is 6.09. The molecule has 6 heteroatoms. The third-order valence-corrected chi connectivity index (χ3v) is 5.79. The molecule has 2 aliphatic rings. The predicted molar refractivity (Wildman–Crippen MR) is 84.7 cm³/mol. The largest absolute Gasteiger partial charge is 0.343 e. The average molecular weight is 317 g/mol. The van der Waals surface area contributed by atoms with Crippen molar-refractivity contribution in [3.05, 3.63) is 16.0 Å². The summed E-state index contributed by atoms with van der Waals surface area (Å²) >= 11 is 1.55. The SMILES string of the molecule is CC(=O)N1CCC(C(=O)Nc2sc3c(c2C#N)CCC3)CC1. The van der Waals surface area contributed by atoms with Gasteiger partial charge in [0.25, 0.3) is 0 Å². The average Bonchev–Trinajstić information content (AvgIpc) is 3.07. The molecule has 0 unspecified atom stereocenters. The third kappa shape index (κ3) is 2.73. The Balaban J connectivity index is 1.66. The molecule has 116 valence electrons. The Morgan fingerprint density at radius 2 is 2.05 bits per heavy atom. The van der Waals surface area contributed by atoms with Crippen LogP contribution in [0.5, 0.6) is 0 Å². The van der Waals surface area contributed by atoms with E-state index in [1.54, 1.807) is 23.2 Å². The van der Waals surface area contributed by atoms with E-state index in [0.717, 1.165) is 24.8 Å². The summed E-state index contributed by atoms with van der Waals surface area (Å²) in [7, 11) is 0. The summed E-state index contributed by atoms with van der Waals surface area (Å²) in [6.07, 6.45) is 4.45. The standard InChI is InChI=1S/C16H19N3O2S/c1-10(20)19-7-5-11(6-8-19)15(21)18-16-13(9-17)12-3-2-4-14(12)22-16/h11H,2-8H2,1H3,(H,18,21). The number of carbonyl (C=O) groups is 2. The highest BCUT2D eigenvalue weighted by atomic mass is 32.1. The molecule has 1 aliphatic carbocycles. The number of carbonyl (C=O) groups excluding carboxylic acids is 2. The van der Waals surface area contributed by atoms with Crippen molar-refractivity contribution >= 4 is 28.2 Å². The van der Waals surface area contributed by atoms with Crippen LogP contribution in [0, 0.1) is 17.2 Å². The molecule has 0 atom stereocenters. The quantitative estimate of drug-likeness (QED) is 0.909. The van der Waals surface area contributed by atoms with Crippen molar-refractivity contribution in [1.82, 2.24) is 4.90 Å². The molecule has 3 rings (SSSR count). The predicted octanol–water partition coefficient (Wildman–Crippen LogP) is 2.31. The summed E-state index contributed by atoms with van der Waals surface area (Å²) in [5.74, 6) is -0.0148. The van der Waals surface area contributed by atoms with E-state index >= 15 is 0 Å². The first kappa shape index (κ1) is 15.0. The normalized spacial score (nSPS) is 17.9.